The lowest BCUT2D eigenvalue weighted by Crippen LogP contribution is -2.47. The highest BCUT2D eigenvalue weighted by Crippen LogP contribution is 2.28. The van der Waals surface area contributed by atoms with Crippen LogP contribution >= 0.6 is 15.9 Å². The standard InChI is InChI=1S/C14H22BrN3O3/c1-2-3-6-18-13(20)12(15)11(9-16-18)17-14(10-19)4-7-21-8-5-14/h9,17,19H,2-8,10H2,1H3. The van der Waals surface area contributed by atoms with Crippen molar-refractivity contribution in [3.8, 4) is 0 Å². The second-order valence-corrected chi connectivity index (χ2v) is 6.22. The molecule has 2 N–H and O–H groups in total. The van der Waals surface area contributed by atoms with Crippen LogP contribution in [-0.4, -0.2) is 40.2 Å². The quantitative estimate of drug-likeness (QED) is 0.809. The van der Waals surface area contributed by atoms with E-state index in [9.17, 15) is 9.90 Å². The van der Waals surface area contributed by atoms with E-state index in [0.717, 1.165) is 12.8 Å². The van der Waals surface area contributed by atoms with E-state index in [1.807, 2.05) is 0 Å². The number of aryl methyl sites for hydroxylation is 1. The first-order valence-electron chi connectivity index (χ1n) is 7.34. The fourth-order valence-electron chi connectivity index (χ4n) is 2.39. The molecule has 0 radical (unpaired) electrons. The van der Waals surface area contributed by atoms with Crippen molar-refractivity contribution in [3.63, 3.8) is 0 Å². The molecule has 1 saturated heterocycles. The summed E-state index contributed by atoms with van der Waals surface area (Å²) in [5.41, 5.74) is 0.0436. The summed E-state index contributed by atoms with van der Waals surface area (Å²) < 4.78 is 7.27. The summed E-state index contributed by atoms with van der Waals surface area (Å²) in [6.45, 7) is 3.90. The van der Waals surface area contributed by atoms with Gasteiger partial charge in [-0.15, -0.1) is 0 Å². The maximum Gasteiger partial charge on any atom is 0.283 e. The van der Waals surface area contributed by atoms with Gasteiger partial charge in [-0.3, -0.25) is 4.79 Å². The van der Waals surface area contributed by atoms with Gasteiger partial charge in [0.05, 0.1) is 24.0 Å². The number of aliphatic hydroxyl groups excluding tert-OH is 1. The van der Waals surface area contributed by atoms with E-state index in [4.69, 9.17) is 4.74 Å². The molecule has 0 unspecified atom stereocenters. The first kappa shape index (κ1) is 16.5. The second kappa shape index (κ2) is 7.38. The molecule has 0 aromatic carbocycles. The molecule has 6 nitrogen and oxygen atoms in total. The SMILES string of the molecule is CCCCn1ncc(NC2(CO)CCOCC2)c(Br)c1=O. The number of nitrogens with zero attached hydrogens (tertiary/aromatic N) is 2. The van der Waals surface area contributed by atoms with Crippen molar-refractivity contribution in [1.82, 2.24) is 9.78 Å². The number of hydrogen-bond acceptors (Lipinski definition) is 5. The monoisotopic (exact) mass is 359 g/mol. The topological polar surface area (TPSA) is 76.4 Å². The molecule has 0 spiro atoms. The van der Waals surface area contributed by atoms with Crippen molar-refractivity contribution in [3.05, 3.63) is 21.0 Å². The maximum atomic E-state index is 12.3. The van der Waals surface area contributed by atoms with Gasteiger partial charge >= 0.3 is 0 Å². The molecule has 0 aliphatic carbocycles. The summed E-state index contributed by atoms with van der Waals surface area (Å²) in [5, 5.41) is 17.2. The van der Waals surface area contributed by atoms with E-state index < -0.39 is 5.54 Å². The number of aromatic nitrogens is 2. The molecule has 1 aliphatic heterocycles. The zero-order valence-corrected chi connectivity index (χ0v) is 13.9. The highest BCUT2D eigenvalue weighted by atomic mass is 79.9. The molecule has 118 valence electrons. The largest absolute Gasteiger partial charge is 0.394 e. The van der Waals surface area contributed by atoms with E-state index in [0.29, 0.717) is 42.8 Å². The number of nitrogens with one attached hydrogen (secondary N) is 1. The molecule has 1 aromatic heterocycles. The Morgan fingerprint density at radius 1 is 1.52 bits per heavy atom. The molecule has 0 amide bonds. The minimum Gasteiger partial charge on any atom is -0.394 e. The Bertz CT molecular complexity index is 527. The number of anilines is 1. The van der Waals surface area contributed by atoms with Crippen molar-refractivity contribution in [2.24, 2.45) is 0 Å². The fraction of sp³-hybridized carbons (Fsp3) is 0.714. The molecule has 21 heavy (non-hydrogen) atoms. The number of hydrogen-bond donors (Lipinski definition) is 2. The van der Waals surface area contributed by atoms with Crippen LogP contribution in [0.3, 0.4) is 0 Å². The van der Waals surface area contributed by atoms with Gasteiger partial charge in [0.1, 0.15) is 4.47 Å². The fourth-order valence-corrected chi connectivity index (χ4v) is 2.80. The molecule has 1 fully saturated rings. The summed E-state index contributed by atoms with van der Waals surface area (Å²) in [6, 6.07) is 0. The minimum absolute atomic E-state index is 0.00171. The predicted molar refractivity (Wildman–Crippen MR) is 84.6 cm³/mol. The van der Waals surface area contributed by atoms with Crippen molar-refractivity contribution >= 4 is 21.6 Å². The van der Waals surface area contributed by atoms with Gasteiger partial charge in [-0.25, -0.2) is 4.68 Å². The van der Waals surface area contributed by atoms with Crippen molar-refractivity contribution in [2.75, 3.05) is 25.1 Å². The van der Waals surface area contributed by atoms with Gasteiger partial charge in [0, 0.05) is 19.8 Å². The lowest BCUT2D eigenvalue weighted by atomic mass is 9.91. The zero-order valence-electron chi connectivity index (χ0n) is 12.3. The van der Waals surface area contributed by atoms with Gasteiger partial charge in [0.2, 0.25) is 0 Å². The van der Waals surface area contributed by atoms with Crippen molar-refractivity contribution in [2.45, 2.75) is 44.7 Å². The summed E-state index contributed by atoms with van der Waals surface area (Å²) in [4.78, 5) is 12.3. The van der Waals surface area contributed by atoms with Crippen LogP contribution in [0.4, 0.5) is 5.69 Å². The summed E-state index contributed by atoms with van der Waals surface area (Å²) in [6.07, 6.45) is 4.99. The predicted octanol–water partition coefficient (Wildman–Crippen LogP) is 1.76. The maximum absolute atomic E-state index is 12.3. The van der Waals surface area contributed by atoms with Crippen LogP contribution < -0.4 is 10.9 Å². The molecule has 0 saturated carbocycles. The normalized spacial score (nSPS) is 17.7. The number of unbranched alkanes of at least 4 members (excludes halogenated alkanes) is 1. The van der Waals surface area contributed by atoms with Crippen LogP contribution in [0.15, 0.2) is 15.5 Å². The van der Waals surface area contributed by atoms with Gasteiger partial charge in [-0.05, 0) is 35.2 Å². The zero-order chi connectivity index (χ0) is 15.3. The third-order valence-electron chi connectivity index (χ3n) is 3.86. The Hall–Kier alpha value is -0.920. The molecule has 0 bridgehead atoms. The van der Waals surface area contributed by atoms with Crippen LogP contribution in [0.2, 0.25) is 0 Å². The molecule has 1 aromatic rings. The van der Waals surface area contributed by atoms with E-state index >= 15 is 0 Å². The third-order valence-corrected chi connectivity index (χ3v) is 4.63. The highest BCUT2D eigenvalue weighted by molar-refractivity contribution is 9.10. The van der Waals surface area contributed by atoms with E-state index in [-0.39, 0.29) is 12.2 Å². The molecule has 2 heterocycles. The van der Waals surface area contributed by atoms with E-state index in [1.165, 1.54) is 4.68 Å². The van der Waals surface area contributed by atoms with E-state index in [1.54, 1.807) is 6.20 Å². The summed E-state index contributed by atoms with van der Waals surface area (Å²) in [7, 11) is 0. The molecular weight excluding hydrogens is 338 g/mol. The Morgan fingerprint density at radius 3 is 2.86 bits per heavy atom. The molecule has 7 heteroatoms. The molecular formula is C14H22BrN3O3. The van der Waals surface area contributed by atoms with Crippen molar-refractivity contribution in [1.29, 1.82) is 0 Å². The van der Waals surface area contributed by atoms with Crippen LogP contribution in [0.5, 0.6) is 0 Å². The minimum atomic E-state index is -0.440. The Kier molecular flexibility index (Phi) is 5.78. The first-order chi connectivity index (χ1) is 10.1. The molecule has 1 aliphatic rings. The first-order valence-corrected chi connectivity index (χ1v) is 8.13. The van der Waals surface area contributed by atoms with Crippen LogP contribution in [0.25, 0.3) is 0 Å². The van der Waals surface area contributed by atoms with Gasteiger partial charge in [-0.2, -0.15) is 5.10 Å². The molecule has 2 rings (SSSR count). The summed E-state index contributed by atoms with van der Waals surface area (Å²) >= 11 is 3.35. The van der Waals surface area contributed by atoms with Gasteiger partial charge in [0.15, 0.2) is 0 Å². The number of ether oxygens (including phenoxy) is 1. The average molecular weight is 360 g/mol. The second-order valence-electron chi connectivity index (χ2n) is 5.43. The van der Waals surface area contributed by atoms with Gasteiger partial charge in [0.25, 0.3) is 5.56 Å². The smallest absolute Gasteiger partial charge is 0.283 e. The average Bonchev–Trinajstić information content (AvgIpc) is 2.52. The van der Waals surface area contributed by atoms with Crippen LogP contribution in [0.1, 0.15) is 32.6 Å². The van der Waals surface area contributed by atoms with Crippen LogP contribution in [-0.2, 0) is 11.3 Å². The Morgan fingerprint density at radius 2 is 2.24 bits per heavy atom. The van der Waals surface area contributed by atoms with Gasteiger partial charge < -0.3 is 15.2 Å². The van der Waals surface area contributed by atoms with Crippen LogP contribution in [0, 0.1) is 0 Å². The Labute approximate surface area is 132 Å². The lowest BCUT2D eigenvalue weighted by molar-refractivity contribution is 0.0379. The number of rotatable bonds is 6. The highest BCUT2D eigenvalue weighted by Gasteiger charge is 2.32. The lowest BCUT2D eigenvalue weighted by Gasteiger charge is -2.37. The number of halogens is 1. The third kappa shape index (κ3) is 3.84. The van der Waals surface area contributed by atoms with Gasteiger partial charge in [-0.1, -0.05) is 13.3 Å². The van der Waals surface area contributed by atoms with E-state index in [2.05, 4.69) is 33.3 Å². The molecule has 0 atom stereocenters. The van der Waals surface area contributed by atoms with Crippen molar-refractivity contribution < 1.29 is 9.84 Å². The number of aliphatic hydroxyl groups is 1. The summed E-state index contributed by atoms with van der Waals surface area (Å²) in [5.74, 6) is 0. The Balaban J connectivity index is 2.20.